The lowest BCUT2D eigenvalue weighted by atomic mass is 10.1. The first-order chi connectivity index (χ1) is 15.7. The molecule has 0 unspecified atom stereocenters. The Balaban J connectivity index is 3.38. The van der Waals surface area contributed by atoms with Crippen LogP contribution in [0.4, 0.5) is 0 Å². The van der Waals surface area contributed by atoms with Gasteiger partial charge >= 0.3 is 5.97 Å². The molecular formula is C30H58O2. The zero-order valence-corrected chi connectivity index (χ0v) is 22.4. The predicted octanol–water partition coefficient (Wildman–Crippen LogP) is 10.5. The van der Waals surface area contributed by atoms with Crippen LogP contribution in [0.1, 0.15) is 168 Å². The van der Waals surface area contributed by atoms with E-state index in [0.717, 1.165) is 18.4 Å². The molecule has 0 fully saturated rings. The summed E-state index contributed by atoms with van der Waals surface area (Å²) in [6, 6.07) is 0. The SMILES string of the molecule is CCCCCCCCCCCC/C=C(\C)C(=O)OCCCCCCCCCCCCCC. The smallest absolute Gasteiger partial charge is 0.333 e. The van der Waals surface area contributed by atoms with Gasteiger partial charge in [0, 0.05) is 5.57 Å². The summed E-state index contributed by atoms with van der Waals surface area (Å²) >= 11 is 0. The van der Waals surface area contributed by atoms with E-state index in [1.807, 2.05) is 6.92 Å². The van der Waals surface area contributed by atoms with Gasteiger partial charge in [-0.05, 0) is 26.2 Å². The van der Waals surface area contributed by atoms with Crippen molar-refractivity contribution in [2.45, 2.75) is 168 Å². The van der Waals surface area contributed by atoms with E-state index in [9.17, 15) is 4.79 Å². The first-order valence-electron chi connectivity index (χ1n) is 14.6. The minimum Gasteiger partial charge on any atom is -0.462 e. The standard InChI is InChI=1S/C30H58O2/c1-4-6-8-10-12-14-16-18-20-22-24-26-28-32-30(31)29(3)27-25-23-21-19-17-15-13-11-9-7-5-2/h27H,4-26,28H2,1-3H3/b29-27+. The molecule has 0 aromatic carbocycles. The Morgan fingerprint density at radius 1 is 0.531 bits per heavy atom. The topological polar surface area (TPSA) is 26.3 Å². The highest BCUT2D eigenvalue weighted by molar-refractivity contribution is 5.87. The summed E-state index contributed by atoms with van der Waals surface area (Å²) in [6.07, 6.45) is 32.6. The van der Waals surface area contributed by atoms with Crippen LogP contribution in [0.25, 0.3) is 0 Å². The maximum absolute atomic E-state index is 12.1. The molecular weight excluding hydrogens is 392 g/mol. The predicted molar refractivity (Wildman–Crippen MR) is 142 cm³/mol. The molecule has 0 rings (SSSR count). The summed E-state index contributed by atoms with van der Waals surface area (Å²) in [7, 11) is 0. The average Bonchev–Trinajstić information content (AvgIpc) is 2.80. The van der Waals surface area contributed by atoms with Gasteiger partial charge in [-0.2, -0.15) is 0 Å². The van der Waals surface area contributed by atoms with Crippen molar-refractivity contribution < 1.29 is 9.53 Å². The lowest BCUT2D eigenvalue weighted by Crippen LogP contribution is -2.07. The maximum atomic E-state index is 12.1. The normalized spacial score (nSPS) is 11.8. The molecule has 0 radical (unpaired) electrons. The minimum atomic E-state index is -0.111. The largest absolute Gasteiger partial charge is 0.462 e. The van der Waals surface area contributed by atoms with Crippen LogP contribution in [0.3, 0.4) is 0 Å². The lowest BCUT2D eigenvalue weighted by Gasteiger charge is -2.06. The first-order valence-corrected chi connectivity index (χ1v) is 14.6. The Labute approximate surface area is 202 Å². The third-order valence-corrected chi connectivity index (χ3v) is 6.56. The van der Waals surface area contributed by atoms with Crippen LogP contribution in [0.2, 0.25) is 0 Å². The number of esters is 1. The number of hydrogen-bond donors (Lipinski definition) is 0. The molecule has 0 atom stereocenters. The van der Waals surface area contributed by atoms with E-state index in [1.165, 1.54) is 135 Å². The minimum absolute atomic E-state index is 0.111. The van der Waals surface area contributed by atoms with Gasteiger partial charge in [-0.3, -0.25) is 0 Å². The molecule has 0 saturated carbocycles. The van der Waals surface area contributed by atoms with Gasteiger partial charge in [0.05, 0.1) is 6.61 Å². The molecule has 32 heavy (non-hydrogen) atoms. The molecule has 0 spiro atoms. The van der Waals surface area contributed by atoms with Crippen molar-refractivity contribution in [1.29, 1.82) is 0 Å². The van der Waals surface area contributed by atoms with E-state index in [-0.39, 0.29) is 5.97 Å². The van der Waals surface area contributed by atoms with Crippen molar-refractivity contribution in [1.82, 2.24) is 0 Å². The molecule has 0 saturated heterocycles. The number of ether oxygens (including phenoxy) is 1. The van der Waals surface area contributed by atoms with Crippen molar-refractivity contribution in [3.63, 3.8) is 0 Å². The lowest BCUT2D eigenvalue weighted by molar-refractivity contribution is -0.139. The molecule has 0 heterocycles. The monoisotopic (exact) mass is 450 g/mol. The number of rotatable bonds is 25. The first kappa shape index (κ1) is 31.2. The highest BCUT2D eigenvalue weighted by atomic mass is 16.5. The van der Waals surface area contributed by atoms with Gasteiger partial charge in [-0.1, -0.05) is 148 Å². The van der Waals surface area contributed by atoms with Crippen molar-refractivity contribution in [2.24, 2.45) is 0 Å². The Morgan fingerprint density at radius 3 is 1.28 bits per heavy atom. The van der Waals surface area contributed by atoms with Crippen LogP contribution in [0, 0.1) is 0 Å². The molecule has 190 valence electrons. The van der Waals surface area contributed by atoms with Crippen LogP contribution in [0.5, 0.6) is 0 Å². The van der Waals surface area contributed by atoms with E-state index in [2.05, 4.69) is 19.9 Å². The van der Waals surface area contributed by atoms with Crippen molar-refractivity contribution in [3.8, 4) is 0 Å². The van der Waals surface area contributed by atoms with E-state index in [1.54, 1.807) is 0 Å². The second-order valence-corrected chi connectivity index (χ2v) is 9.88. The van der Waals surface area contributed by atoms with Gasteiger partial charge < -0.3 is 4.74 Å². The molecule has 0 amide bonds. The Hall–Kier alpha value is -0.790. The van der Waals surface area contributed by atoms with Crippen molar-refractivity contribution in [3.05, 3.63) is 11.6 Å². The fourth-order valence-corrected chi connectivity index (χ4v) is 4.26. The van der Waals surface area contributed by atoms with Crippen LogP contribution < -0.4 is 0 Å². The van der Waals surface area contributed by atoms with Gasteiger partial charge in [0.25, 0.3) is 0 Å². The summed E-state index contributed by atoms with van der Waals surface area (Å²) in [4.78, 5) is 12.1. The quantitative estimate of drug-likeness (QED) is 0.0785. The summed E-state index contributed by atoms with van der Waals surface area (Å²) in [5.74, 6) is -0.111. The summed E-state index contributed by atoms with van der Waals surface area (Å²) in [5.41, 5.74) is 0.792. The number of hydrogen-bond acceptors (Lipinski definition) is 2. The Morgan fingerprint density at radius 2 is 0.875 bits per heavy atom. The second-order valence-electron chi connectivity index (χ2n) is 9.88. The Kier molecular flexibility index (Phi) is 25.8. The van der Waals surface area contributed by atoms with Gasteiger partial charge in [0.2, 0.25) is 0 Å². The molecule has 0 aliphatic rings. The number of carbonyl (C=O) groups is 1. The van der Waals surface area contributed by atoms with E-state index in [4.69, 9.17) is 4.74 Å². The summed E-state index contributed by atoms with van der Waals surface area (Å²) in [5, 5.41) is 0. The summed E-state index contributed by atoms with van der Waals surface area (Å²) in [6.45, 7) is 7.04. The molecule has 2 nitrogen and oxygen atoms in total. The average molecular weight is 451 g/mol. The Bertz CT molecular complexity index is 413. The van der Waals surface area contributed by atoms with Crippen LogP contribution >= 0.6 is 0 Å². The van der Waals surface area contributed by atoms with E-state index in [0.29, 0.717) is 6.61 Å². The highest BCUT2D eigenvalue weighted by Crippen LogP contribution is 2.13. The van der Waals surface area contributed by atoms with E-state index < -0.39 is 0 Å². The molecule has 0 aromatic rings. The van der Waals surface area contributed by atoms with Crippen molar-refractivity contribution in [2.75, 3.05) is 6.61 Å². The van der Waals surface area contributed by atoms with Crippen LogP contribution in [-0.4, -0.2) is 12.6 Å². The van der Waals surface area contributed by atoms with Crippen LogP contribution in [-0.2, 0) is 9.53 Å². The van der Waals surface area contributed by atoms with Gasteiger partial charge in [0.15, 0.2) is 0 Å². The number of allylic oxidation sites excluding steroid dienone is 1. The molecule has 0 bridgehead atoms. The number of unbranched alkanes of at least 4 members (excludes halogenated alkanes) is 21. The van der Waals surface area contributed by atoms with Crippen molar-refractivity contribution >= 4 is 5.97 Å². The maximum Gasteiger partial charge on any atom is 0.333 e. The third kappa shape index (κ3) is 23.9. The molecule has 2 heteroatoms. The molecule has 0 aliphatic heterocycles. The fourth-order valence-electron chi connectivity index (χ4n) is 4.26. The fraction of sp³-hybridized carbons (Fsp3) is 0.900. The zero-order valence-electron chi connectivity index (χ0n) is 22.4. The number of carbonyl (C=O) groups excluding carboxylic acids is 1. The third-order valence-electron chi connectivity index (χ3n) is 6.56. The zero-order chi connectivity index (χ0) is 23.5. The van der Waals surface area contributed by atoms with Gasteiger partial charge in [-0.25, -0.2) is 4.79 Å². The van der Waals surface area contributed by atoms with Crippen LogP contribution in [0.15, 0.2) is 11.6 Å². The highest BCUT2D eigenvalue weighted by Gasteiger charge is 2.04. The molecule has 0 aromatic heterocycles. The molecule has 0 aliphatic carbocycles. The molecule has 0 N–H and O–H groups in total. The second kappa shape index (κ2) is 26.5. The summed E-state index contributed by atoms with van der Waals surface area (Å²) < 4.78 is 5.44. The van der Waals surface area contributed by atoms with Gasteiger partial charge in [-0.15, -0.1) is 0 Å². The van der Waals surface area contributed by atoms with E-state index >= 15 is 0 Å². The van der Waals surface area contributed by atoms with Gasteiger partial charge in [0.1, 0.15) is 0 Å².